The highest BCUT2D eigenvalue weighted by Crippen LogP contribution is 2.33. The molecule has 0 saturated heterocycles. The van der Waals surface area contributed by atoms with E-state index in [0.29, 0.717) is 12.8 Å². The summed E-state index contributed by atoms with van der Waals surface area (Å²) in [6, 6.07) is -0.369. The molecule has 1 rings (SSSR count). The highest BCUT2D eigenvalue weighted by molar-refractivity contribution is 4.88. The first-order chi connectivity index (χ1) is 6.56. The lowest BCUT2D eigenvalue weighted by atomic mass is 9.91. The van der Waals surface area contributed by atoms with Crippen molar-refractivity contribution in [1.29, 1.82) is 0 Å². The number of nitrogens with one attached hydrogen (secondary N) is 1. The van der Waals surface area contributed by atoms with Crippen molar-refractivity contribution < 1.29 is 8.78 Å². The monoisotopic (exact) mass is 205 g/mol. The lowest BCUT2D eigenvalue weighted by Crippen LogP contribution is -2.50. The summed E-state index contributed by atoms with van der Waals surface area (Å²) in [4.78, 5) is 0. The zero-order valence-corrected chi connectivity index (χ0v) is 9.15. The fourth-order valence-corrected chi connectivity index (χ4v) is 2.16. The van der Waals surface area contributed by atoms with E-state index < -0.39 is 12.0 Å². The molecule has 0 aromatic rings. The van der Waals surface area contributed by atoms with Gasteiger partial charge in [0.25, 0.3) is 5.92 Å². The first kappa shape index (κ1) is 11.9. The molecule has 3 heteroatoms. The first-order valence-electron chi connectivity index (χ1n) is 5.70. The second kappa shape index (κ2) is 5.06. The second-order valence-electron chi connectivity index (χ2n) is 4.42. The van der Waals surface area contributed by atoms with Crippen LogP contribution in [0.1, 0.15) is 52.4 Å². The van der Waals surface area contributed by atoms with Crippen LogP contribution in [0, 0.1) is 0 Å². The largest absolute Gasteiger partial charge is 0.306 e. The summed E-state index contributed by atoms with van der Waals surface area (Å²) < 4.78 is 26.8. The van der Waals surface area contributed by atoms with Crippen molar-refractivity contribution in [2.75, 3.05) is 0 Å². The third kappa shape index (κ3) is 3.19. The van der Waals surface area contributed by atoms with Gasteiger partial charge in [-0.15, -0.1) is 0 Å². The molecule has 1 nitrogen and oxygen atoms in total. The molecule has 84 valence electrons. The molecule has 14 heavy (non-hydrogen) atoms. The van der Waals surface area contributed by atoms with Crippen LogP contribution < -0.4 is 5.32 Å². The van der Waals surface area contributed by atoms with E-state index in [1.54, 1.807) is 0 Å². The lowest BCUT2D eigenvalue weighted by molar-refractivity contribution is -0.0664. The predicted octanol–water partition coefficient (Wildman–Crippen LogP) is 3.34. The number of hydrogen-bond acceptors (Lipinski definition) is 1. The van der Waals surface area contributed by atoms with Crippen LogP contribution in [0.2, 0.25) is 0 Å². The molecule has 1 fully saturated rings. The fourth-order valence-electron chi connectivity index (χ4n) is 2.16. The Morgan fingerprint density at radius 2 is 2.14 bits per heavy atom. The van der Waals surface area contributed by atoms with Gasteiger partial charge in [0, 0.05) is 12.5 Å². The van der Waals surface area contributed by atoms with Crippen LogP contribution in [0.15, 0.2) is 0 Å². The van der Waals surface area contributed by atoms with Gasteiger partial charge in [-0.25, -0.2) is 8.78 Å². The Morgan fingerprint density at radius 1 is 1.43 bits per heavy atom. The van der Waals surface area contributed by atoms with Crippen LogP contribution in [-0.2, 0) is 0 Å². The van der Waals surface area contributed by atoms with Crippen molar-refractivity contribution in [3.05, 3.63) is 0 Å². The van der Waals surface area contributed by atoms with E-state index in [4.69, 9.17) is 0 Å². The summed E-state index contributed by atoms with van der Waals surface area (Å²) in [5, 5.41) is 3.06. The van der Waals surface area contributed by atoms with E-state index in [0.717, 1.165) is 19.3 Å². The van der Waals surface area contributed by atoms with Gasteiger partial charge in [0.1, 0.15) is 0 Å². The van der Waals surface area contributed by atoms with Crippen molar-refractivity contribution in [2.45, 2.75) is 70.4 Å². The molecule has 0 amide bonds. The Hall–Kier alpha value is -0.180. The second-order valence-corrected chi connectivity index (χ2v) is 4.42. The minimum atomic E-state index is -2.49. The van der Waals surface area contributed by atoms with Gasteiger partial charge >= 0.3 is 0 Å². The maximum Gasteiger partial charge on any atom is 0.263 e. The van der Waals surface area contributed by atoms with Crippen LogP contribution in [0.3, 0.4) is 0 Å². The maximum atomic E-state index is 13.4. The average molecular weight is 205 g/mol. The molecule has 0 aromatic heterocycles. The highest BCUT2D eigenvalue weighted by Gasteiger charge is 2.41. The quantitative estimate of drug-likeness (QED) is 0.742. The zero-order valence-electron chi connectivity index (χ0n) is 9.15. The number of alkyl halides is 2. The summed E-state index contributed by atoms with van der Waals surface area (Å²) in [6.07, 6.45) is 4.32. The molecular formula is C11H21F2N. The maximum absolute atomic E-state index is 13.4. The van der Waals surface area contributed by atoms with Crippen LogP contribution in [0.25, 0.3) is 0 Å². The minimum absolute atomic E-state index is 0.0590. The average Bonchev–Trinajstić information content (AvgIpc) is 2.09. The van der Waals surface area contributed by atoms with Crippen molar-refractivity contribution in [2.24, 2.45) is 0 Å². The third-order valence-electron chi connectivity index (χ3n) is 2.97. The highest BCUT2D eigenvalue weighted by atomic mass is 19.3. The van der Waals surface area contributed by atoms with Crippen LogP contribution in [-0.4, -0.2) is 18.0 Å². The normalized spacial score (nSPS) is 28.7. The van der Waals surface area contributed by atoms with E-state index >= 15 is 0 Å². The molecule has 1 aliphatic rings. The Bertz CT molecular complexity index is 171. The predicted molar refractivity (Wildman–Crippen MR) is 54.7 cm³/mol. The Kier molecular flexibility index (Phi) is 4.30. The molecule has 0 aliphatic heterocycles. The minimum Gasteiger partial charge on any atom is -0.306 e. The first-order valence-corrected chi connectivity index (χ1v) is 5.70. The molecule has 0 heterocycles. The van der Waals surface area contributed by atoms with Gasteiger partial charge in [0.05, 0.1) is 6.04 Å². The SMILES string of the molecule is CCCC(C)NC1CCCCC1(F)F. The molecule has 1 N–H and O–H groups in total. The van der Waals surface area contributed by atoms with Gasteiger partial charge in [-0.3, -0.25) is 0 Å². The van der Waals surface area contributed by atoms with E-state index in [-0.39, 0.29) is 12.5 Å². The van der Waals surface area contributed by atoms with Gasteiger partial charge in [0.15, 0.2) is 0 Å². The van der Waals surface area contributed by atoms with E-state index in [1.807, 2.05) is 6.92 Å². The molecule has 0 aromatic carbocycles. The lowest BCUT2D eigenvalue weighted by Gasteiger charge is -2.34. The summed E-state index contributed by atoms with van der Waals surface area (Å²) >= 11 is 0. The Balaban J connectivity index is 2.41. The molecule has 0 bridgehead atoms. The topological polar surface area (TPSA) is 12.0 Å². The number of hydrogen-bond donors (Lipinski definition) is 1. The summed E-state index contributed by atoms with van der Waals surface area (Å²) in [5.74, 6) is -2.49. The van der Waals surface area contributed by atoms with E-state index in [2.05, 4.69) is 12.2 Å². The molecule has 0 spiro atoms. The van der Waals surface area contributed by atoms with Crippen molar-refractivity contribution in [3.63, 3.8) is 0 Å². The fraction of sp³-hybridized carbons (Fsp3) is 1.00. The zero-order chi connectivity index (χ0) is 10.6. The van der Waals surface area contributed by atoms with Crippen molar-refractivity contribution in [1.82, 2.24) is 5.32 Å². The molecule has 1 aliphatic carbocycles. The molecule has 2 unspecified atom stereocenters. The third-order valence-corrected chi connectivity index (χ3v) is 2.97. The summed E-state index contributed by atoms with van der Waals surface area (Å²) in [7, 11) is 0. The number of halogens is 2. The Labute approximate surface area is 85.3 Å². The van der Waals surface area contributed by atoms with Crippen LogP contribution in [0.5, 0.6) is 0 Å². The van der Waals surface area contributed by atoms with Crippen molar-refractivity contribution >= 4 is 0 Å². The van der Waals surface area contributed by atoms with Crippen LogP contribution >= 0.6 is 0 Å². The van der Waals surface area contributed by atoms with E-state index in [9.17, 15) is 8.78 Å². The molecule has 1 saturated carbocycles. The van der Waals surface area contributed by atoms with Crippen LogP contribution in [0.4, 0.5) is 8.78 Å². The molecule has 2 atom stereocenters. The van der Waals surface area contributed by atoms with Crippen molar-refractivity contribution in [3.8, 4) is 0 Å². The number of rotatable bonds is 4. The van der Waals surface area contributed by atoms with Gasteiger partial charge in [-0.05, 0) is 26.2 Å². The van der Waals surface area contributed by atoms with E-state index in [1.165, 1.54) is 0 Å². The summed E-state index contributed by atoms with van der Waals surface area (Å²) in [6.45, 7) is 4.07. The Morgan fingerprint density at radius 3 is 2.71 bits per heavy atom. The smallest absolute Gasteiger partial charge is 0.263 e. The van der Waals surface area contributed by atoms with Gasteiger partial charge < -0.3 is 5.32 Å². The standard InChI is InChI=1S/C11H21F2N/c1-3-6-9(2)14-10-7-4-5-8-11(10,12)13/h9-10,14H,3-8H2,1-2H3. The molecular weight excluding hydrogens is 184 g/mol. The van der Waals surface area contributed by atoms with Gasteiger partial charge in [-0.2, -0.15) is 0 Å². The molecule has 0 radical (unpaired) electrons. The summed E-state index contributed by atoms with van der Waals surface area (Å²) in [5.41, 5.74) is 0. The van der Waals surface area contributed by atoms with Gasteiger partial charge in [-0.1, -0.05) is 19.8 Å². The van der Waals surface area contributed by atoms with Gasteiger partial charge in [0.2, 0.25) is 0 Å².